The van der Waals surface area contributed by atoms with Gasteiger partial charge in [0.2, 0.25) is 0 Å². The van der Waals surface area contributed by atoms with Crippen molar-refractivity contribution in [1.82, 2.24) is 0 Å². The number of para-hydroxylation sites is 1. The Balaban J connectivity index is 2.09. The van der Waals surface area contributed by atoms with E-state index in [0.717, 1.165) is 17.8 Å². The molecular weight excluding hydrogens is 311 g/mol. The van der Waals surface area contributed by atoms with Crippen molar-refractivity contribution in [2.24, 2.45) is 0 Å². The highest BCUT2D eigenvalue weighted by atomic mass is 35.5. The molecule has 0 amide bonds. The molecule has 2 rings (SSSR count). The van der Waals surface area contributed by atoms with E-state index in [0.29, 0.717) is 15.2 Å². The first-order valence-corrected chi connectivity index (χ1v) is 7.37. The molecule has 20 heavy (non-hydrogen) atoms. The number of hydrogen-bond acceptors (Lipinski definition) is 1. The molecule has 5 heteroatoms. The van der Waals surface area contributed by atoms with Crippen LogP contribution in [0.25, 0.3) is 0 Å². The summed E-state index contributed by atoms with van der Waals surface area (Å²) in [6, 6.07) is 13.3. The Morgan fingerprint density at radius 3 is 2.35 bits per heavy atom. The Hall–Kier alpha value is -1.29. The molecule has 0 saturated heterocycles. The van der Waals surface area contributed by atoms with Crippen molar-refractivity contribution in [2.75, 3.05) is 10.6 Å². The zero-order chi connectivity index (χ0) is 14.5. The molecule has 0 fully saturated rings. The van der Waals surface area contributed by atoms with Crippen molar-refractivity contribution in [2.45, 2.75) is 13.3 Å². The average Bonchev–Trinajstić information content (AvgIpc) is 2.37. The summed E-state index contributed by atoms with van der Waals surface area (Å²) < 4.78 is 0. The molecule has 0 radical (unpaired) electrons. The lowest BCUT2D eigenvalue weighted by Crippen LogP contribution is -2.19. The number of thiocarbonyl (C=S) groups is 1. The summed E-state index contributed by atoms with van der Waals surface area (Å²) in [5.74, 6) is 0. The predicted octanol–water partition coefficient (Wildman–Crippen LogP) is 5.36. The summed E-state index contributed by atoms with van der Waals surface area (Å²) in [6.07, 6.45) is 0.939. The number of aryl methyl sites for hydroxylation is 1. The van der Waals surface area contributed by atoms with Gasteiger partial charge in [-0.05, 0) is 48.5 Å². The van der Waals surface area contributed by atoms with E-state index in [9.17, 15) is 0 Å². The Bertz CT molecular complexity index is 609. The van der Waals surface area contributed by atoms with E-state index in [2.05, 4.69) is 23.6 Å². The van der Waals surface area contributed by atoms with E-state index < -0.39 is 0 Å². The molecule has 2 nitrogen and oxygen atoms in total. The second kappa shape index (κ2) is 6.93. The third-order valence-corrected chi connectivity index (χ3v) is 3.41. The maximum Gasteiger partial charge on any atom is 0.175 e. The van der Waals surface area contributed by atoms with Crippen LogP contribution in [0.2, 0.25) is 10.0 Å². The quantitative estimate of drug-likeness (QED) is 0.742. The molecule has 0 aliphatic rings. The van der Waals surface area contributed by atoms with Crippen molar-refractivity contribution < 1.29 is 0 Å². The van der Waals surface area contributed by atoms with Gasteiger partial charge in [-0.25, -0.2) is 0 Å². The molecule has 2 N–H and O–H groups in total. The van der Waals surface area contributed by atoms with Crippen LogP contribution in [0.15, 0.2) is 42.5 Å². The summed E-state index contributed by atoms with van der Waals surface area (Å²) >= 11 is 17.2. The summed E-state index contributed by atoms with van der Waals surface area (Å²) in [7, 11) is 0. The maximum atomic E-state index is 5.95. The van der Waals surface area contributed by atoms with Crippen LogP contribution in [0, 0.1) is 0 Å². The molecule has 0 aliphatic carbocycles. The van der Waals surface area contributed by atoms with Gasteiger partial charge >= 0.3 is 0 Å². The first kappa shape index (κ1) is 15.1. The summed E-state index contributed by atoms with van der Waals surface area (Å²) in [4.78, 5) is 0. The van der Waals surface area contributed by atoms with Crippen molar-refractivity contribution in [1.29, 1.82) is 0 Å². The van der Waals surface area contributed by atoms with Crippen LogP contribution in [-0.2, 0) is 6.42 Å². The monoisotopic (exact) mass is 324 g/mol. The Morgan fingerprint density at radius 1 is 1.05 bits per heavy atom. The lowest BCUT2D eigenvalue weighted by atomic mass is 10.1. The molecule has 0 aliphatic heterocycles. The van der Waals surface area contributed by atoms with Crippen LogP contribution in [0.4, 0.5) is 11.4 Å². The number of benzene rings is 2. The minimum atomic E-state index is 0.504. The fourth-order valence-corrected chi connectivity index (χ4v) is 2.62. The van der Waals surface area contributed by atoms with Gasteiger partial charge in [0, 0.05) is 21.4 Å². The van der Waals surface area contributed by atoms with Crippen LogP contribution in [0.1, 0.15) is 12.5 Å². The maximum absolute atomic E-state index is 5.95. The van der Waals surface area contributed by atoms with Gasteiger partial charge in [-0.2, -0.15) is 0 Å². The van der Waals surface area contributed by atoms with Gasteiger partial charge in [-0.3, -0.25) is 0 Å². The van der Waals surface area contributed by atoms with Gasteiger partial charge in [-0.1, -0.05) is 48.3 Å². The van der Waals surface area contributed by atoms with Crippen LogP contribution in [-0.4, -0.2) is 5.11 Å². The van der Waals surface area contributed by atoms with E-state index in [-0.39, 0.29) is 0 Å². The standard InChI is InChI=1S/C15H14Cl2N2S/c1-2-10-5-3-4-6-14(10)19-15(20)18-13-8-11(16)7-12(17)9-13/h3-9H,2H2,1H3,(H2,18,19,20). The minimum Gasteiger partial charge on any atom is -0.332 e. The van der Waals surface area contributed by atoms with E-state index in [1.54, 1.807) is 18.2 Å². The molecule has 2 aromatic rings. The molecule has 2 aromatic carbocycles. The third kappa shape index (κ3) is 4.10. The molecule has 104 valence electrons. The highest BCUT2D eigenvalue weighted by Gasteiger charge is 2.04. The van der Waals surface area contributed by atoms with Crippen molar-refractivity contribution >= 4 is 51.9 Å². The molecule has 0 bridgehead atoms. The normalized spacial score (nSPS) is 10.2. The molecule has 0 atom stereocenters. The highest BCUT2D eigenvalue weighted by Crippen LogP contribution is 2.23. The van der Waals surface area contributed by atoms with Crippen molar-refractivity contribution in [3.63, 3.8) is 0 Å². The minimum absolute atomic E-state index is 0.504. The van der Waals surface area contributed by atoms with E-state index in [1.165, 1.54) is 5.56 Å². The molecule has 0 unspecified atom stereocenters. The Morgan fingerprint density at radius 2 is 1.70 bits per heavy atom. The van der Waals surface area contributed by atoms with E-state index in [1.807, 2.05) is 18.2 Å². The molecule has 0 heterocycles. The number of hydrogen-bond donors (Lipinski definition) is 2. The van der Waals surface area contributed by atoms with Gasteiger partial charge in [0.25, 0.3) is 0 Å². The fourth-order valence-electron chi connectivity index (χ4n) is 1.86. The van der Waals surface area contributed by atoms with Gasteiger partial charge in [0.15, 0.2) is 5.11 Å². The van der Waals surface area contributed by atoms with Gasteiger partial charge < -0.3 is 10.6 Å². The zero-order valence-corrected chi connectivity index (χ0v) is 13.2. The highest BCUT2D eigenvalue weighted by molar-refractivity contribution is 7.80. The summed E-state index contributed by atoms with van der Waals surface area (Å²) in [5, 5.41) is 7.89. The van der Waals surface area contributed by atoms with Crippen molar-refractivity contribution in [3.05, 3.63) is 58.1 Å². The third-order valence-electron chi connectivity index (χ3n) is 2.77. The van der Waals surface area contributed by atoms with Crippen molar-refractivity contribution in [3.8, 4) is 0 Å². The lowest BCUT2D eigenvalue weighted by molar-refractivity contribution is 1.14. The molecular formula is C15H14Cl2N2S. The van der Waals surface area contributed by atoms with Gasteiger partial charge in [0.05, 0.1) is 0 Å². The van der Waals surface area contributed by atoms with Gasteiger partial charge in [-0.15, -0.1) is 0 Å². The second-order valence-corrected chi connectivity index (χ2v) is 5.53. The number of nitrogens with one attached hydrogen (secondary N) is 2. The largest absolute Gasteiger partial charge is 0.332 e. The van der Waals surface area contributed by atoms with Crippen LogP contribution in [0.5, 0.6) is 0 Å². The smallest absolute Gasteiger partial charge is 0.175 e. The van der Waals surface area contributed by atoms with Gasteiger partial charge in [0.1, 0.15) is 0 Å². The molecule has 0 spiro atoms. The lowest BCUT2D eigenvalue weighted by Gasteiger charge is -2.13. The van der Waals surface area contributed by atoms with Crippen LogP contribution in [0.3, 0.4) is 0 Å². The fraction of sp³-hybridized carbons (Fsp3) is 0.133. The molecule has 0 aromatic heterocycles. The van der Waals surface area contributed by atoms with Crippen LogP contribution >= 0.6 is 35.4 Å². The molecule has 0 saturated carbocycles. The second-order valence-electron chi connectivity index (χ2n) is 4.25. The summed E-state index contributed by atoms with van der Waals surface area (Å²) in [5.41, 5.74) is 2.97. The Kier molecular flexibility index (Phi) is 5.24. The summed E-state index contributed by atoms with van der Waals surface area (Å²) in [6.45, 7) is 2.10. The number of halogens is 2. The Labute approximate surface area is 134 Å². The van der Waals surface area contributed by atoms with Crippen LogP contribution < -0.4 is 10.6 Å². The number of rotatable bonds is 3. The SMILES string of the molecule is CCc1ccccc1NC(=S)Nc1cc(Cl)cc(Cl)c1. The number of anilines is 2. The first-order valence-electron chi connectivity index (χ1n) is 6.20. The average molecular weight is 325 g/mol. The first-order chi connectivity index (χ1) is 9.58. The zero-order valence-electron chi connectivity index (χ0n) is 10.9. The topological polar surface area (TPSA) is 24.1 Å². The van der Waals surface area contributed by atoms with E-state index >= 15 is 0 Å². The van der Waals surface area contributed by atoms with E-state index in [4.69, 9.17) is 35.4 Å². The predicted molar refractivity (Wildman–Crippen MR) is 92.1 cm³/mol.